The van der Waals surface area contributed by atoms with Crippen LogP contribution in [0.3, 0.4) is 0 Å². The Labute approximate surface area is 173 Å². The topological polar surface area (TPSA) is 61.8 Å². The van der Waals surface area contributed by atoms with Crippen molar-refractivity contribution in [1.29, 1.82) is 0 Å². The summed E-state index contributed by atoms with van der Waals surface area (Å²) in [5.41, 5.74) is 4.75. The maximum atomic E-state index is 13.4. The highest BCUT2D eigenvalue weighted by Crippen LogP contribution is 2.39. The lowest BCUT2D eigenvalue weighted by atomic mass is 10.0. The van der Waals surface area contributed by atoms with Crippen molar-refractivity contribution in [1.82, 2.24) is 0 Å². The number of nitrogens with one attached hydrogen (secondary N) is 1. The second-order valence-electron chi connectivity index (χ2n) is 7.57. The number of carbonyl (C=O) groups is 2. The number of rotatable bonds is 3. The number of fused-ring (bicyclic) bond motifs is 2. The summed E-state index contributed by atoms with van der Waals surface area (Å²) in [5.74, 6) is -1.32. The van der Waals surface area contributed by atoms with Gasteiger partial charge in [0.15, 0.2) is 0 Å². The average molecular weight is 414 g/mol. The van der Waals surface area contributed by atoms with E-state index in [1.165, 1.54) is 23.1 Å². The van der Waals surface area contributed by atoms with Crippen molar-refractivity contribution in [3.63, 3.8) is 0 Å². The van der Waals surface area contributed by atoms with Gasteiger partial charge in [0.2, 0.25) is 11.8 Å². The van der Waals surface area contributed by atoms with Gasteiger partial charge in [0.1, 0.15) is 12.4 Å². The Hall–Kier alpha value is -2.73. The van der Waals surface area contributed by atoms with E-state index in [1.54, 1.807) is 0 Å². The standard InChI is InChI=1S/C22H21ClFN3O2/c1-12-8-19-20(9-13(12)2)27(22(29)15-4-3-5-18(15)26-19)11-21(28)25-14-6-7-17(24)16(23)10-14/h6-10,15H,3-5,11H2,1-2H3,(H,25,28). The molecule has 1 atom stereocenters. The van der Waals surface area contributed by atoms with Crippen molar-refractivity contribution < 1.29 is 14.0 Å². The summed E-state index contributed by atoms with van der Waals surface area (Å²) in [5, 5.41) is 2.62. The number of nitrogens with zero attached hydrogens (tertiary/aromatic N) is 2. The molecule has 0 saturated heterocycles. The summed E-state index contributed by atoms with van der Waals surface area (Å²) >= 11 is 5.79. The number of hydrogen-bond acceptors (Lipinski definition) is 3. The van der Waals surface area contributed by atoms with Crippen LogP contribution in [-0.2, 0) is 9.59 Å². The highest BCUT2D eigenvalue weighted by molar-refractivity contribution is 6.31. The molecule has 0 spiro atoms. The van der Waals surface area contributed by atoms with Crippen LogP contribution in [0.5, 0.6) is 0 Å². The molecule has 7 heteroatoms. The molecule has 2 amide bonds. The molecule has 0 bridgehead atoms. The van der Waals surface area contributed by atoms with Crippen LogP contribution in [0, 0.1) is 25.6 Å². The molecular weight excluding hydrogens is 393 g/mol. The summed E-state index contributed by atoms with van der Waals surface area (Å²) in [7, 11) is 0. The lowest BCUT2D eigenvalue weighted by molar-refractivity contribution is -0.122. The van der Waals surface area contributed by atoms with Crippen LogP contribution >= 0.6 is 11.6 Å². The summed E-state index contributed by atoms with van der Waals surface area (Å²) < 4.78 is 13.4. The fourth-order valence-electron chi connectivity index (χ4n) is 3.86. The van der Waals surface area contributed by atoms with E-state index in [2.05, 4.69) is 5.32 Å². The van der Waals surface area contributed by atoms with Gasteiger partial charge in [-0.2, -0.15) is 0 Å². The molecule has 0 aromatic heterocycles. The molecule has 1 fully saturated rings. The molecule has 2 aliphatic rings. The lowest BCUT2D eigenvalue weighted by Gasteiger charge is -2.25. The Morgan fingerprint density at radius 2 is 2.03 bits per heavy atom. The Bertz CT molecular complexity index is 1050. The lowest BCUT2D eigenvalue weighted by Crippen LogP contribution is -2.42. The van der Waals surface area contributed by atoms with E-state index in [1.807, 2.05) is 26.0 Å². The van der Waals surface area contributed by atoms with Gasteiger partial charge in [-0.3, -0.25) is 14.6 Å². The summed E-state index contributed by atoms with van der Waals surface area (Å²) in [4.78, 5) is 32.3. The first-order valence-electron chi connectivity index (χ1n) is 9.58. The van der Waals surface area contributed by atoms with Gasteiger partial charge in [0.05, 0.1) is 22.3 Å². The van der Waals surface area contributed by atoms with Gasteiger partial charge in [-0.1, -0.05) is 11.6 Å². The third-order valence-electron chi connectivity index (χ3n) is 5.54. The van der Waals surface area contributed by atoms with Crippen molar-refractivity contribution in [2.24, 2.45) is 10.9 Å². The minimum Gasteiger partial charge on any atom is -0.324 e. The van der Waals surface area contributed by atoms with Gasteiger partial charge in [0, 0.05) is 11.4 Å². The van der Waals surface area contributed by atoms with Gasteiger partial charge < -0.3 is 10.2 Å². The van der Waals surface area contributed by atoms with Crippen LogP contribution in [0.15, 0.2) is 35.3 Å². The van der Waals surface area contributed by atoms with Crippen LogP contribution < -0.4 is 10.2 Å². The van der Waals surface area contributed by atoms with Gasteiger partial charge in [0.25, 0.3) is 0 Å². The summed E-state index contributed by atoms with van der Waals surface area (Å²) in [6.07, 6.45) is 2.47. The second kappa shape index (κ2) is 7.59. The smallest absolute Gasteiger partial charge is 0.244 e. The average Bonchev–Trinajstić information content (AvgIpc) is 3.10. The molecule has 29 heavy (non-hydrogen) atoms. The summed E-state index contributed by atoms with van der Waals surface area (Å²) in [6.45, 7) is 3.82. The molecule has 5 nitrogen and oxygen atoms in total. The van der Waals surface area contributed by atoms with Crippen LogP contribution in [0.4, 0.5) is 21.5 Å². The van der Waals surface area contributed by atoms with Gasteiger partial charge >= 0.3 is 0 Å². The van der Waals surface area contributed by atoms with Crippen LogP contribution in [0.1, 0.15) is 30.4 Å². The van der Waals surface area contributed by atoms with E-state index < -0.39 is 5.82 Å². The molecule has 1 heterocycles. The highest BCUT2D eigenvalue weighted by atomic mass is 35.5. The Morgan fingerprint density at radius 1 is 1.28 bits per heavy atom. The quantitative estimate of drug-likeness (QED) is 0.773. The molecule has 2 aromatic rings. The number of benzene rings is 2. The molecule has 4 rings (SSSR count). The van der Waals surface area contributed by atoms with E-state index in [0.717, 1.165) is 41.8 Å². The number of halogens is 2. The SMILES string of the molecule is Cc1cc2c(cc1C)N(CC(=O)Nc1ccc(F)c(Cl)c1)C(=O)C1CCCC1=N2. The third-order valence-corrected chi connectivity index (χ3v) is 5.83. The fraction of sp³-hybridized carbons (Fsp3) is 0.318. The van der Waals surface area contributed by atoms with Crippen molar-refractivity contribution in [2.75, 3.05) is 16.8 Å². The number of anilines is 2. The molecule has 1 N–H and O–H groups in total. The van der Waals surface area contributed by atoms with Crippen molar-refractivity contribution in [3.05, 3.63) is 52.3 Å². The van der Waals surface area contributed by atoms with Gasteiger partial charge in [-0.05, 0) is 74.6 Å². The first kappa shape index (κ1) is 19.6. The third kappa shape index (κ3) is 3.77. The predicted octanol–water partition coefficient (Wildman–Crippen LogP) is 4.95. The molecule has 1 aliphatic heterocycles. The molecule has 1 aliphatic carbocycles. The van der Waals surface area contributed by atoms with Crippen LogP contribution in [0.25, 0.3) is 0 Å². The Kier molecular flexibility index (Phi) is 5.13. The Balaban J connectivity index is 1.65. The minimum atomic E-state index is -0.557. The first-order chi connectivity index (χ1) is 13.8. The van der Waals surface area contributed by atoms with E-state index >= 15 is 0 Å². The van der Waals surface area contributed by atoms with Crippen molar-refractivity contribution in [2.45, 2.75) is 33.1 Å². The van der Waals surface area contributed by atoms with Crippen molar-refractivity contribution in [3.8, 4) is 0 Å². The molecule has 0 radical (unpaired) electrons. The largest absolute Gasteiger partial charge is 0.324 e. The van der Waals surface area contributed by atoms with E-state index in [0.29, 0.717) is 11.4 Å². The van der Waals surface area contributed by atoms with E-state index in [9.17, 15) is 14.0 Å². The molecule has 1 saturated carbocycles. The zero-order valence-corrected chi connectivity index (χ0v) is 17.0. The van der Waals surface area contributed by atoms with E-state index in [-0.39, 0.29) is 29.3 Å². The number of aryl methyl sites for hydroxylation is 2. The molecule has 150 valence electrons. The number of amides is 2. The van der Waals surface area contributed by atoms with Gasteiger partial charge in [-0.15, -0.1) is 0 Å². The van der Waals surface area contributed by atoms with Gasteiger partial charge in [-0.25, -0.2) is 4.39 Å². The number of aliphatic imine (C=N–C) groups is 1. The van der Waals surface area contributed by atoms with E-state index in [4.69, 9.17) is 16.6 Å². The Morgan fingerprint density at radius 3 is 2.79 bits per heavy atom. The second-order valence-corrected chi connectivity index (χ2v) is 7.98. The normalized spacial score (nSPS) is 18.1. The van der Waals surface area contributed by atoms with Crippen molar-refractivity contribution >= 4 is 46.2 Å². The first-order valence-corrected chi connectivity index (χ1v) is 9.96. The summed E-state index contributed by atoms with van der Waals surface area (Å²) in [6, 6.07) is 7.85. The minimum absolute atomic E-state index is 0.0749. The van der Waals surface area contributed by atoms with Crippen LogP contribution in [-0.4, -0.2) is 24.1 Å². The zero-order valence-electron chi connectivity index (χ0n) is 16.3. The maximum absolute atomic E-state index is 13.4. The fourth-order valence-corrected chi connectivity index (χ4v) is 4.04. The number of hydrogen-bond donors (Lipinski definition) is 1. The zero-order chi connectivity index (χ0) is 20.7. The van der Waals surface area contributed by atoms with Crippen LogP contribution in [0.2, 0.25) is 5.02 Å². The number of carbonyl (C=O) groups excluding carboxylic acids is 2. The molecular formula is C22H21ClFN3O2. The monoisotopic (exact) mass is 413 g/mol. The predicted molar refractivity (Wildman–Crippen MR) is 113 cm³/mol. The highest BCUT2D eigenvalue weighted by Gasteiger charge is 2.37. The molecule has 1 unspecified atom stereocenters. The molecule has 2 aromatic carbocycles. The maximum Gasteiger partial charge on any atom is 0.244 e.